The van der Waals surface area contributed by atoms with Crippen molar-refractivity contribution in [3.63, 3.8) is 0 Å². The van der Waals surface area contributed by atoms with Gasteiger partial charge in [-0.3, -0.25) is 4.79 Å². The number of carbonyl (C=O) groups is 1. The normalized spacial score (nSPS) is 18.1. The molecule has 2 heterocycles. The molecule has 2 aromatic carbocycles. The van der Waals surface area contributed by atoms with E-state index < -0.39 is 0 Å². The minimum atomic E-state index is -0.217. The van der Waals surface area contributed by atoms with E-state index in [2.05, 4.69) is 67.7 Å². The van der Waals surface area contributed by atoms with Gasteiger partial charge in [-0.2, -0.15) is 4.98 Å². The first-order chi connectivity index (χ1) is 14.6. The van der Waals surface area contributed by atoms with E-state index >= 15 is 0 Å². The Morgan fingerprint density at radius 2 is 1.93 bits per heavy atom. The summed E-state index contributed by atoms with van der Waals surface area (Å²) >= 11 is 1.62. The quantitative estimate of drug-likeness (QED) is 0.592. The summed E-state index contributed by atoms with van der Waals surface area (Å²) in [4.78, 5) is 17.6. The lowest BCUT2D eigenvalue weighted by Gasteiger charge is -2.32. The van der Waals surface area contributed by atoms with Gasteiger partial charge in [-0.25, -0.2) is 4.68 Å². The van der Waals surface area contributed by atoms with Crippen molar-refractivity contribution in [2.75, 3.05) is 5.32 Å². The average Bonchev–Trinajstić information content (AvgIpc) is 3.14. The van der Waals surface area contributed by atoms with Crippen LogP contribution in [0.15, 0.2) is 65.0 Å². The minimum absolute atomic E-state index is 0.212. The molecule has 0 saturated carbocycles. The Bertz CT molecular complexity index is 1150. The highest BCUT2D eigenvalue weighted by molar-refractivity contribution is 7.98. The molecule has 0 bridgehead atoms. The summed E-state index contributed by atoms with van der Waals surface area (Å²) in [6.07, 6.45) is 2.36. The first kappa shape index (κ1) is 19.1. The molecule has 0 radical (unpaired) electrons. The molecular formula is C24H24N4OS. The fourth-order valence-corrected chi connectivity index (χ4v) is 4.98. The number of anilines is 1. The van der Waals surface area contributed by atoms with Crippen molar-refractivity contribution in [2.45, 2.75) is 50.1 Å². The van der Waals surface area contributed by atoms with Gasteiger partial charge in [0.1, 0.15) is 6.04 Å². The lowest BCUT2D eigenvalue weighted by molar-refractivity contribution is -0.116. The van der Waals surface area contributed by atoms with E-state index in [1.807, 2.05) is 4.68 Å². The van der Waals surface area contributed by atoms with Gasteiger partial charge < -0.3 is 5.32 Å². The summed E-state index contributed by atoms with van der Waals surface area (Å²) in [5, 5.41) is 8.94. The van der Waals surface area contributed by atoms with E-state index in [0.29, 0.717) is 6.42 Å². The number of nitrogens with zero attached hydrogens (tertiary/aromatic N) is 3. The van der Waals surface area contributed by atoms with Crippen molar-refractivity contribution < 1.29 is 4.79 Å². The summed E-state index contributed by atoms with van der Waals surface area (Å²) < 4.78 is 1.89. The Labute approximate surface area is 180 Å². The number of Topliss-reactive ketones (excluding diaryl/α,β-unsaturated/α-hetero) is 1. The fraction of sp³-hybridized carbons (Fsp3) is 0.292. The maximum atomic E-state index is 12.9. The zero-order valence-electron chi connectivity index (χ0n) is 17.2. The van der Waals surface area contributed by atoms with Crippen molar-refractivity contribution in [3.8, 4) is 0 Å². The van der Waals surface area contributed by atoms with Crippen LogP contribution in [0.2, 0.25) is 0 Å². The van der Waals surface area contributed by atoms with E-state index in [-0.39, 0.29) is 11.8 Å². The third-order valence-electron chi connectivity index (χ3n) is 5.69. The van der Waals surface area contributed by atoms with Crippen molar-refractivity contribution in [2.24, 2.45) is 0 Å². The van der Waals surface area contributed by atoms with E-state index in [4.69, 9.17) is 10.1 Å². The van der Waals surface area contributed by atoms with Gasteiger partial charge in [0.25, 0.3) is 0 Å². The van der Waals surface area contributed by atoms with Crippen LogP contribution in [0.3, 0.4) is 0 Å². The van der Waals surface area contributed by atoms with Crippen LogP contribution in [0.25, 0.3) is 0 Å². The second kappa shape index (κ2) is 7.76. The van der Waals surface area contributed by atoms with E-state index in [9.17, 15) is 4.79 Å². The van der Waals surface area contributed by atoms with E-state index in [0.717, 1.165) is 46.5 Å². The molecule has 1 atom stereocenters. The molecule has 6 heteroatoms. The van der Waals surface area contributed by atoms with Crippen molar-refractivity contribution >= 4 is 23.5 Å². The number of nitrogens with one attached hydrogen (secondary N) is 1. The molecule has 5 rings (SSSR count). The molecular weight excluding hydrogens is 392 g/mol. The predicted molar refractivity (Wildman–Crippen MR) is 120 cm³/mol. The molecule has 1 aliphatic carbocycles. The molecule has 0 spiro atoms. The third-order valence-corrected chi connectivity index (χ3v) is 6.60. The molecule has 1 aromatic heterocycles. The van der Waals surface area contributed by atoms with Gasteiger partial charge in [0, 0.05) is 23.4 Å². The number of aromatic nitrogens is 3. The molecule has 30 heavy (non-hydrogen) atoms. The van der Waals surface area contributed by atoms with Crippen LogP contribution >= 0.6 is 11.8 Å². The van der Waals surface area contributed by atoms with Gasteiger partial charge in [-0.1, -0.05) is 71.4 Å². The molecule has 2 aliphatic rings. The number of benzene rings is 2. The number of aryl methyl sites for hydroxylation is 2. The Morgan fingerprint density at radius 1 is 1.10 bits per heavy atom. The van der Waals surface area contributed by atoms with Crippen molar-refractivity contribution in [1.29, 1.82) is 0 Å². The average molecular weight is 417 g/mol. The Balaban J connectivity index is 1.50. The highest BCUT2D eigenvalue weighted by atomic mass is 32.2. The largest absolute Gasteiger partial charge is 0.328 e. The maximum Gasteiger partial charge on any atom is 0.227 e. The van der Waals surface area contributed by atoms with Crippen LogP contribution < -0.4 is 5.32 Å². The SMILES string of the molecule is Cc1ccc(C2C3=C(CCCC3=O)Nc3nc(SCc4cccc(C)c4)nn32)cc1. The summed E-state index contributed by atoms with van der Waals surface area (Å²) in [6, 6.07) is 16.7. The summed E-state index contributed by atoms with van der Waals surface area (Å²) in [5.74, 6) is 1.75. The zero-order chi connectivity index (χ0) is 20.7. The minimum Gasteiger partial charge on any atom is -0.328 e. The molecule has 1 N–H and O–H groups in total. The Morgan fingerprint density at radius 3 is 2.73 bits per heavy atom. The highest BCUT2D eigenvalue weighted by Gasteiger charge is 2.36. The Kier molecular flexibility index (Phi) is 4.95. The molecule has 0 fully saturated rings. The van der Waals surface area contributed by atoms with Crippen molar-refractivity contribution in [1.82, 2.24) is 14.8 Å². The molecule has 3 aromatic rings. The van der Waals surface area contributed by atoms with Crippen LogP contribution in [0, 0.1) is 13.8 Å². The first-order valence-corrected chi connectivity index (χ1v) is 11.3. The number of rotatable bonds is 4. The number of fused-ring (bicyclic) bond motifs is 1. The van der Waals surface area contributed by atoms with Crippen LogP contribution in [0.5, 0.6) is 0 Å². The van der Waals surface area contributed by atoms with Gasteiger partial charge >= 0.3 is 0 Å². The number of carbonyl (C=O) groups excluding carboxylic acids is 1. The number of hydrogen-bond acceptors (Lipinski definition) is 5. The third kappa shape index (κ3) is 3.56. The number of ketones is 1. The second-order valence-corrected chi connectivity index (χ2v) is 8.99. The van der Waals surface area contributed by atoms with Crippen LogP contribution in [0.4, 0.5) is 5.95 Å². The highest BCUT2D eigenvalue weighted by Crippen LogP contribution is 2.40. The fourth-order valence-electron chi connectivity index (χ4n) is 4.20. The van der Waals surface area contributed by atoms with Gasteiger partial charge in [-0.05, 0) is 37.8 Å². The zero-order valence-corrected chi connectivity index (χ0v) is 18.0. The monoisotopic (exact) mass is 416 g/mol. The Hall–Kier alpha value is -2.86. The summed E-state index contributed by atoms with van der Waals surface area (Å²) in [7, 11) is 0. The molecule has 0 saturated heterocycles. The van der Waals surface area contributed by atoms with Gasteiger partial charge in [0.2, 0.25) is 11.1 Å². The number of allylic oxidation sites excluding steroid dienone is 2. The van der Waals surface area contributed by atoms with Gasteiger partial charge in [-0.15, -0.1) is 5.10 Å². The number of thioether (sulfide) groups is 1. The number of hydrogen-bond donors (Lipinski definition) is 1. The van der Waals surface area contributed by atoms with Crippen LogP contribution in [-0.2, 0) is 10.5 Å². The smallest absolute Gasteiger partial charge is 0.227 e. The van der Waals surface area contributed by atoms with Crippen LogP contribution in [0.1, 0.15) is 47.6 Å². The summed E-state index contributed by atoms with van der Waals surface area (Å²) in [6.45, 7) is 4.18. The molecule has 1 aliphatic heterocycles. The van der Waals surface area contributed by atoms with Crippen LogP contribution in [-0.4, -0.2) is 20.5 Å². The predicted octanol–water partition coefficient (Wildman–Crippen LogP) is 5.21. The molecule has 0 amide bonds. The van der Waals surface area contributed by atoms with Gasteiger partial charge in [0.15, 0.2) is 5.78 Å². The molecule has 152 valence electrons. The topological polar surface area (TPSA) is 59.8 Å². The molecule has 5 nitrogen and oxygen atoms in total. The van der Waals surface area contributed by atoms with E-state index in [1.54, 1.807) is 11.8 Å². The standard InChI is InChI=1S/C24H24N4OS/c1-15-9-11-18(12-10-15)22-21-19(7-4-8-20(21)29)25-23-26-24(27-28(22)23)30-14-17-6-3-5-16(2)13-17/h3,5-6,9-13,22H,4,7-8,14H2,1-2H3,(H,25,26,27). The van der Waals surface area contributed by atoms with E-state index in [1.165, 1.54) is 16.7 Å². The second-order valence-electron chi connectivity index (χ2n) is 8.05. The maximum absolute atomic E-state index is 12.9. The lowest BCUT2D eigenvalue weighted by Crippen LogP contribution is -2.31. The van der Waals surface area contributed by atoms with Gasteiger partial charge in [0.05, 0.1) is 0 Å². The van der Waals surface area contributed by atoms with Crippen molar-refractivity contribution in [3.05, 3.63) is 82.1 Å². The first-order valence-electron chi connectivity index (χ1n) is 10.3. The molecule has 1 unspecified atom stereocenters. The summed E-state index contributed by atoms with van der Waals surface area (Å²) in [5.41, 5.74) is 6.63. The lowest BCUT2D eigenvalue weighted by atomic mass is 9.85.